The highest BCUT2D eigenvalue weighted by Crippen LogP contribution is 2.24. The summed E-state index contributed by atoms with van der Waals surface area (Å²) in [5.41, 5.74) is 5.28. The van der Waals surface area contributed by atoms with Crippen molar-refractivity contribution in [2.75, 3.05) is 6.54 Å². The molecular formula is C11H20N2O2. The predicted octanol–water partition coefficient (Wildman–Crippen LogP) is 0.899. The third-order valence-corrected chi connectivity index (χ3v) is 3.03. The van der Waals surface area contributed by atoms with Gasteiger partial charge < -0.3 is 10.6 Å². The van der Waals surface area contributed by atoms with E-state index in [2.05, 4.69) is 6.92 Å². The molecule has 1 aliphatic rings. The third kappa shape index (κ3) is 2.70. The van der Waals surface area contributed by atoms with Crippen molar-refractivity contribution >= 4 is 11.8 Å². The standard InChI is InChI=1S/C11H20N2O2/c1-3-5-8-6-10(14)13(7-8)9(4-2)11(12)15/h8-9H,3-7H2,1-2H3,(H2,12,15)/t8-,9-/m1/s1. The van der Waals surface area contributed by atoms with Gasteiger partial charge in [0.1, 0.15) is 6.04 Å². The van der Waals surface area contributed by atoms with Crippen molar-refractivity contribution < 1.29 is 9.59 Å². The summed E-state index contributed by atoms with van der Waals surface area (Å²) in [5.74, 6) is 0.109. The van der Waals surface area contributed by atoms with Crippen molar-refractivity contribution in [1.82, 2.24) is 4.90 Å². The number of amides is 2. The van der Waals surface area contributed by atoms with Crippen LogP contribution in [-0.4, -0.2) is 29.3 Å². The Morgan fingerprint density at radius 3 is 2.73 bits per heavy atom. The summed E-state index contributed by atoms with van der Waals surface area (Å²) < 4.78 is 0. The molecule has 4 nitrogen and oxygen atoms in total. The molecule has 0 aromatic heterocycles. The Kier molecular flexibility index (Phi) is 4.12. The van der Waals surface area contributed by atoms with Crippen LogP contribution in [0.2, 0.25) is 0 Å². The summed E-state index contributed by atoms with van der Waals surface area (Å²) >= 11 is 0. The topological polar surface area (TPSA) is 63.4 Å². The van der Waals surface area contributed by atoms with Gasteiger partial charge in [-0.1, -0.05) is 20.3 Å². The van der Waals surface area contributed by atoms with Gasteiger partial charge in [0.25, 0.3) is 0 Å². The Morgan fingerprint density at radius 1 is 1.60 bits per heavy atom. The van der Waals surface area contributed by atoms with Crippen LogP contribution in [0.25, 0.3) is 0 Å². The maximum Gasteiger partial charge on any atom is 0.240 e. The van der Waals surface area contributed by atoms with Crippen molar-refractivity contribution in [2.45, 2.75) is 45.6 Å². The lowest BCUT2D eigenvalue weighted by Crippen LogP contribution is -2.45. The molecule has 4 heteroatoms. The highest BCUT2D eigenvalue weighted by molar-refractivity contribution is 5.87. The van der Waals surface area contributed by atoms with Crippen LogP contribution in [0.15, 0.2) is 0 Å². The number of rotatable bonds is 5. The molecule has 0 aromatic carbocycles. The molecule has 2 amide bonds. The first-order valence-corrected chi connectivity index (χ1v) is 5.68. The minimum absolute atomic E-state index is 0.0825. The second-order valence-corrected chi connectivity index (χ2v) is 4.23. The van der Waals surface area contributed by atoms with E-state index >= 15 is 0 Å². The fraction of sp³-hybridized carbons (Fsp3) is 0.818. The maximum absolute atomic E-state index is 11.7. The first-order valence-electron chi connectivity index (χ1n) is 5.68. The zero-order valence-corrected chi connectivity index (χ0v) is 9.53. The van der Waals surface area contributed by atoms with E-state index in [0.717, 1.165) is 12.8 Å². The Morgan fingerprint density at radius 2 is 2.27 bits per heavy atom. The van der Waals surface area contributed by atoms with Crippen molar-refractivity contribution in [2.24, 2.45) is 11.7 Å². The van der Waals surface area contributed by atoms with Gasteiger partial charge in [0.2, 0.25) is 11.8 Å². The summed E-state index contributed by atoms with van der Waals surface area (Å²) in [7, 11) is 0. The van der Waals surface area contributed by atoms with Crippen LogP contribution in [0.3, 0.4) is 0 Å². The molecule has 1 fully saturated rings. The average molecular weight is 212 g/mol. The van der Waals surface area contributed by atoms with Crippen LogP contribution in [0.5, 0.6) is 0 Å². The Labute approximate surface area is 90.8 Å². The first kappa shape index (κ1) is 12.0. The molecular weight excluding hydrogens is 192 g/mol. The van der Waals surface area contributed by atoms with Crippen LogP contribution in [0.4, 0.5) is 0 Å². The monoisotopic (exact) mass is 212 g/mol. The van der Waals surface area contributed by atoms with Crippen molar-refractivity contribution in [1.29, 1.82) is 0 Å². The highest BCUT2D eigenvalue weighted by atomic mass is 16.2. The maximum atomic E-state index is 11.7. The summed E-state index contributed by atoms with van der Waals surface area (Å²) in [6, 6.07) is -0.403. The van der Waals surface area contributed by atoms with Gasteiger partial charge in [-0.2, -0.15) is 0 Å². The van der Waals surface area contributed by atoms with Crippen LogP contribution < -0.4 is 5.73 Å². The minimum Gasteiger partial charge on any atom is -0.368 e. The van der Waals surface area contributed by atoms with Gasteiger partial charge in [-0.15, -0.1) is 0 Å². The largest absolute Gasteiger partial charge is 0.368 e. The molecule has 2 atom stereocenters. The molecule has 0 spiro atoms. The SMILES string of the molecule is CCC[C@@H]1CC(=O)N([C@H](CC)C(N)=O)C1. The summed E-state index contributed by atoms with van der Waals surface area (Å²) in [6.07, 6.45) is 3.33. The van der Waals surface area contributed by atoms with E-state index in [1.165, 1.54) is 0 Å². The number of nitrogens with two attached hydrogens (primary N) is 1. The second-order valence-electron chi connectivity index (χ2n) is 4.23. The lowest BCUT2D eigenvalue weighted by atomic mass is 10.0. The van der Waals surface area contributed by atoms with Gasteiger partial charge in [-0.3, -0.25) is 9.59 Å². The van der Waals surface area contributed by atoms with Crippen molar-refractivity contribution in [3.63, 3.8) is 0 Å². The van der Waals surface area contributed by atoms with Gasteiger partial charge in [-0.25, -0.2) is 0 Å². The van der Waals surface area contributed by atoms with E-state index in [9.17, 15) is 9.59 Å². The molecule has 2 N–H and O–H groups in total. The molecule has 0 radical (unpaired) electrons. The number of likely N-dealkylation sites (tertiary alicyclic amines) is 1. The molecule has 1 aliphatic heterocycles. The molecule has 0 aromatic rings. The number of primary amides is 1. The molecule has 86 valence electrons. The van der Waals surface area contributed by atoms with Gasteiger partial charge in [-0.05, 0) is 18.8 Å². The van der Waals surface area contributed by atoms with E-state index in [0.29, 0.717) is 25.3 Å². The Hall–Kier alpha value is -1.06. The number of hydrogen-bond donors (Lipinski definition) is 1. The molecule has 0 unspecified atom stereocenters. The van der Waals surface area contributed by atoms with E-state index in [-0.39, 0.29) is 11.8 Å². The smallest absolute Gasteiger partial charge is 0.240 e. The quantitative estimate of drug-likeness (QED) is 0.736. The van der Waals surface area contributed by atoms with Gasteiger partial charge in [0.05, 0.1) is 0 Å². The molecule has 1 rings (SSSR count). The number of nitrogens with zero attached hydrogens (tertiary/aromatic N) is 1. The van der Waals surface area contributed by atoms with E-state index in [4.69, 9.17) is 5.73 Å². The normalized spacial score (nSPS) is 23.2. The number of carbonyl (C=O) groups excluding carboxylic acids is 2. The lowest BCUT2D eigenvalue weighted by molar-refractivity contribution is -0.136. The Bertz CT molecular complexity index is 253. The molecule has 1 heterocycles. The molecule has 15 heavy (non-hydrogen) atoms. The van der Waals surface area contributed by atoms with Crippen LogP contribution in [-0.2, 0) is 9.59 Å². The van der Waals surface area contributed by atoms with E-state index < -0.39 is 6.04 Å². The fourth-order valence-corrected chi connectivity index (χ4v) is 2.29. The Balaban J connectivity index is 2.63. The predicted molar refractivity (Wildman–Crippen MR) is 58.0 cm³/mol. The zero-order valence-electron chi connectivity index (χ0n) is 9.53. The van der Waals surface area contributed by atoms with E-state index in [1.807, 2.05) is 6.92 Å². The minimum atomic E-state index is -0.403. The molecule has 0 aliphatic carbocycles. The van der Waals surface area contributed by atoms with Crippen LogP contribution >= 0.6 is 0 Å². The summed E-state index contributed by atoms with van der Waals surface area (Å²) in [5, 5.41) is 0. The van der Waals surface area contributed by atoms with E-state index in [1.54, 1.807) is 4.90 Å². The van der Waals surface area contributed by atoms with Crippen molar-refractivity contribution in [3.05, 3.63) is 0 Å². The molecule has 1 saturated heterocycles. The zero-order chi connectivity index (χ0) is 11.4. The molecule has 0 bridgehead atoms. The number of carbonyl (C=O) groups is 2. The number of hydrogen-bond acceptors (Lipinski definition) is 2. The van der Waals surface area contributed by atoms with Crippen LogP contribution in [0.1, 0.15) is 39.5 Å². The third-order valence-electron chi connectivity index (χ3n) is 3.03. The summed E-state index contributed by atoms with van der Waals surface area (Å²) in [4.78, 5) is 24.5. The fourth-order valence-electron chi connectivity index (χ4n) is 2.29. The second kappa shape index (κ2) is 5.14. The average Bonchev–Trinajstić information content (AvgIpc) is 2.49. The van der Waals surface area contributed by atoms with Gasteiger partial charge in [0.15, 0.2) is 0 Å². The van der Waals surface area contributed by atoms with Crippen molar-refractivity contribution in [3.8, 4) is 0 Å². The van der Waals surface area contributed by atoms with Gasteiger partial charge in [0, 0.05) is 13.0 Å². The first-order chi connectivity index (χ1) is 7.10. The summed E-state index contributed by atoms with van der Waals surface area (Å²) in [6.45, 7) is 4.70. The van der Waals surface area contributed by atoms with Gasteiger partial charge >= 0.3 is 0 Å². The highest BCUT2D eigenvalue weighted by Gasteiger charge is 2.35. The molecule has 0 saturated carbocycles. The lowest BCUT2D eigenvalue weighted by Gasteiger charge is -2.24. The van der Waals surface area contributed by atoms with Crippen LogP contribution in [0, 0.1) is 5.92 Å².